The van der Waals surface area contributed by atoms with Crippen molar-refractivity contribution in [2.24, 2.45) is 0 Å². The van der Waals surface area contributed by atoms with Gasteiger partial charge in [0.1, 0.15) is 0 Å². The maximum Gasteiger partial charge on any atom is 0.206 e. The van der Waals surface area contributed by atoms with E-state index in [0.29, 0.717) is 39.8 Å². The highest BCUT2D eigenvalue weighted by atomic mass is 16.5. The van der Waals surface area contributed by atoms with Gasteiger partial charge < -0.3 is 14.7 Å². The third-order valence-electron chi connectivity index (χ3n) is 4.12. The van der Waals surface area contributed by atoms with Gasteiger partial charge in [0, 0.05) is 26.2 Å². The lowest BCUT2D eigenvalue weighted by Gasteiger charge is -2.58. The Kier molecular flexibility index (Phi) is 4.81. The normalized spacial score (nSPS) is 30.4. The number of rotatable bonds is 3. The van der Waals surface area contributed by atoms with Gasteiger partial charge in [-0.2, -0.15) is 5.01 Å². The Hall–Kier alpha value is -0.360. The first-order chi connectivity index (χ1) is 9.88. The maximum absolute atomic E-state index is 9.57. The third kappa shape index (κ3) is 2.56. The molecule has 0 radical (unpaired) electrons. The van der Waals surface area contributed by atoms with Crippen LogP contribution in [0, 0.1) is 0 Å². The topological polar surface area (TPSA) is 84.5 Å². The Morgan fingerprint density at radius 3 is 2.00 bits per heavy atom. The Labute approximate surface area is 118 Å². The number of nitrogens with one attached hydrogen (secondary N) is 3. The largest absolute Gasteiger partial charge is 0.379 e. The minimum atomic E-state index is -0.548. The fraction of sp³-hybridized carbons (Fsp3) is 1.00. The first kappa shape index (κ1) is 14.6. The van der Waals surface area contributed by atoms with Crippen LogP contribution in [0.15, 0.2) is 0 Å². The third-order valence-corrected chi connectivity index (χ3v) is 4.12. The highest BCUT2D eigenvalue weighted by Crippen LogP contribution is 2.24. The lowest BCUT2D eigenvalue weighted by atomic mass is 10.2. The van der Waals surface area contributed by atoms with E-state index in [4.69, 9.17) is 9.47 Å². The number of ether oxygens (including phenoxy) is 2. The number of hydrogen-bond donors (Lipinski definition) is 4. The van der Waals surface area contributed by atoms with E-state index in [0.717, 1.165) is 26.2 Å². The van der Waals surface area contributed by atoms with E-state index in [1.165, 1.54) is 0 Å². The predicted molar refractivity (Wildman–Crippen MR) is 70.3 cm³/mol. The lowest BCUT2D eigenvalue weighted by molar-refractivity contribution is -0.281. The van der Waals surface area contributed by atoms with Crippen molar-refractivity contribution in [2.45, 2.75) is 5.91 Å². The number of nitrogens with zero attached hydrogens (tertiary/aromatic N) is 3. The van der Waals surface area contributed by atoms with Crippen molar-refractivity contribution in [3.05, 3.63) is 0 Å². The Bertz CT molecular complexity index is 291. The van der Waals surface area contributed by atoms with Crippen molar-refractivity contribution in [3.63, 3.8) is 0 Å². The Morgan fingerprint density at radius 1 is 0.950 bits per heavy atom. The first-order valence-corrected chi connectivity index (χ1v) is 7.16. The van der Waals surface area contributed by atoms with Gasteiger partial charge in [0.05, 0.1) is 39.8 Å². The highest BCUT2D eigenvalue weighted by molar-refractivity contribution is 4.91. The fourth-order valence-corrected chi connectivity index (χ4v) is 3.17. The molecule has 0 aliphatic carbocycles. The van der Waals surface area contributed by atoms with E-state index >= 15 is 0 Å². The summed E-state index contributed by atoms with van der Waals surface area (Å²) in [5.41, 5.74) is 2.33. The van der Waals surface area contributed by atoms with Crippen LogP contribution in [0.4, 0.5) is 0 Å². The van der Waals surface area contributed by atoms with Crippen LogP contribution in [0.3, 0.4) is 0 Å². The molecule has 0 spiro atoms. The Morgan fingerprint density at radius 2 is 1.50 bits per heavy atom. The second-order valence-electron chi connectivity index (χ2n) is 5.12. The summed E-state index contributed by atoms with van der Waals surface area (Å²) in [7, 11) is 0. The van der Waals surface area contributed by atoms with Crippen molar-refractivity contribution in [3.8, 4) is 0 Å². The molecule has 3 aliphatic heterocycles. The molecule has 9 nitrogen and oxygen atoms in total. The molecule has 9 heteroatoms. The SMILES string of the molecule is ONN1CNCNC1(N1CCOCC1)N1CCOCC1. The Balaban J connectivity index is 1.86. The van der Waals surface area contributed by atoms with Crippen molar-refractivity contribution in [1.82, 2.24) is 31.0 Å². The molecule has 3 heterocycles. The molecule has 3 fully saturated rings. The van der Waals surface area contributed by atoms with Gasteiger partial charge in [-0.05, 0) is 0 Å². The van der Waals surface area contributed by atoms with Crippen molar-refractivity contribution < 1.29 is 14.7 Å². The average molecular weight is 288 g/mol. The number of hydrogen-bond acceptors (Lipinski definition) is 9. The van der Waals surface area contributed by atoms with E-state index < -0.39 is 5.91 Å². The zero-order chi connectivity index (χ0) is 13.8. The van der Waals surface area contributed by atoms with Gasteiger partial charge in [0.25, 0.3) is 0 Å². The van der Waals surface area contributed by atoms with Crippen LogP contribution in [0.2, 0.25) is 0 Å². The summed E-state index contributed by atoms with van der Waals surface area (Å²) < 4.78 is 10.9. The van der Waals surface area contributed by atoms with Gasteiger partial charge in [-0.25, -0.2) is 0 Å². The van der Waals surface area contributed by atoms with Gasteiger partial charge >= 0.3 is 0 Å². The van der Waals surface area contributed by atoms with E-state index in [1.807, 2.05) is 0 Å². The highest BCUT2D eigenvalue weighted by Gasteiger charge is 2.49. The molecule has 0 amide bonds. The van der Waals surface area contributed by atoms with Crippen LogP contribution in [-0.4, -0.2) is 91.9 Å². The molecule has 20 heavy (non-hydrogen) atoms. The summed E-state index contributed by atoms with van der Waals surface area (Å²) in [6.45, 7) is 7.36. The molecule has 0 unspecified atom stereocenters. The molecular formula is C11H24N6O3. The molecule has 116 valence electrons. The van der Waals surface area contributed by atoms with Gasteiger partial charge in [-0.1, -0.05) is 0 Å². The monoisotopic (exact) mass is 288 g/mol. The van der Waals surface area contributed by atoms with Gasteiger partial charge in [0.2, 0.25) is 5.91 Å². The summed E-state index contributed by atoms with van der Waals surface area (Å²) in [6.07, 6.45) is 0. The lowest BCUT2D eigenvalue weighted by Crippen LogP contribution is -2.84. The molecule has 4 N–H and O–H groups in total. The summed E-state index contributed by atoms with van der Waals surface area (Å²) in [4.78, 5) is 4.62. The van der Waals surface area contributed by atoms with Crippen molar-refractivity contribution >= 4 is 0 Å². The van der Waals surface area contributed by atoms with Crippen LogP contribution < -0.4 is 16.2 Å². The molecule has 0 bridgehead atoms. The summed E-state index contributed by atoms with van der Waals surface area (Å²) >= 11 is 0. The summed E-state index contributed by atoms with van der Waals surface area (Å²) in [5.74, 6) is -0.548. The molecule has 0 saturated carbocycles. The molecular weight excluding hydrogens is 264 g/mol. The summed E-state index contributed by atoms with van der Waals surface area (Å²) in [5, 5.41) is 18.1. The molecule has 0 aromatic carbocycles. The molecule has 0 aromatic heterocycles. The molecule has 0 aromatic rings. The first-order valence-electron chi connectivity index (χ1n) is 7.16. The van der Waals surface area contributed by atoms with Gasteiger partial charge in [-0.15, -0.1) is 5.59 Å². The molecule has 3 rings (SSSR count). The summed E-state index contributed by atoms with van der Waals surface area (Å²) in [6, 6.07) is 0. The molecule has 3 saturated heterocycles. The minimum absolute atomic E-state index is 0.548. The van der Waals surface area contributed by atoms with Crippen molar-refractivity contribution in [1.29, 1.82) is 0 Å². The smallest absolute Gasteiger partial charge is 0.206 e. The molecule has 0 atom stereocenters. The predicted octanol–water partition coefficient (Wildman–Crippen LogP) is -2.43. The zero-order valence-corrected chi connectivity index (χ0v) is 11.7. The van der Waals surface area contributed by atoms with Gasteiger partial charge in [0.15, 0.2) is 0 Å². The van der Waals surface area contributed by atoms with Crippen LogP contribution in [0.5, 0.6) is 0 Å². The van der Waals surface area contributed by atoms with E-state index in [1.54, 1.807) is 5.01 Å². The fourth-order valence-electron chi connectivity index (χ4n) is 3.17. The van der Waals surface area contributed by atoms with Crippen LogP contribution in [0.1, 0.15) is 0 Å². The van der Waals surface area contributed by atoms with E-state index in [2.05, 4.69) is 26.0 Å². The number of hydrazine groups is 1. The van der Waals surface area contributed by atoms with E-state index in [9.17, 15) is 5.21 Å². The van der Waals surface area contributed by atoms with E-state index in [-0.39, 0.29) is 0 Å². The quantitative estimate of drug-likeness (QED) is 0.423. The second kappa shape index (κ2) is 6.60. The zero-order valence-electron chi connectivity index (χ0n) is 11.7. The van der Waals surface area contributed by atoms with Gasteiger partial charge in [-0.3, -0.25) is 20.4 Å². The van der Waals surface area contributed by atoms with Crippen molar-refractivity contribution in [2.75, 3.05) is 65.9 Å². The van der Waals surface area contributed by atoms with Crippen LogP contribution >= 0.6 is 0 Å². The average Bonchev–Trinajstić information content (AvgIpc) is 2.56. The standard InChI is InChI=1S/C11H24N6O3/c18-14-17-10-12-9-13-11(17,15-1-5-19-6-2-15)16-3-7-20-8-4-16/h12-14,18H,1-10H2. The van der Waals surface area contributed by atoms with Crippen LogP contribution in [-0.2, 0) is 9.47 Å². The van der Waals surface area contributed by atoms with Crippen LogP contribution in [0.25, 0.3) is 0 Å². The second-order valence-corrected chi connectivity index (χ2v) is 5.12. The minimum Gasteiger partial charge on any atom is -0.379 e. The maximum atomic E-state index is 9.57. The molecule has 3 aliphatic rings. The number of morpholine rings is 2.